The lowest BCUT2D eigenvalue weighted by Crippen LogP contribution is -2.18. The SMILES string of the molecule is CC.COCCNCc1ccccc1C. The van der Waals surface area contributed by atoms with Crippen LogP contribution in [-0.4, -0.2) is 20.3 Å². The molecule has 2 nitrogen and oxygen atoms in total. The molecule has 1 aromatic carbocycles. The van der Waals surface area contributed by atoms with Gasteiger partial charge in [-0.3, -0.25) is 0 Å². The van der Waals surface area contributed by atoms with E-state index in [4.69, 9.17) is 4.74 Å². The Morgan fingerprint density at radius 1 is 1.20 bits per heavy atom. The molecule has 15 heavy (non-hydrogen) atoms. The molecule has 0 aliphatic heterocycles. The summed E-state index contributed by atoms with van der Waals surface area (Å²) in [5, 5.41) is 3.32. The van der Waals surface area contributed by atoms with Gasteiger partial charge in [-0.15, -0.1) is 0 Å². The molecule has 2 heteroatoms. The second kappa shape index (κ2) is 9.69. The minimum Gasteiger partial charge on any atom is -0.383 e. The van der Waals surface area contributed by atoms with E-state index < -0.39 is 0 Å². The highest BCUT2D eigenvalue weighted by Gasteiger charge is 1.94. The Kier molecular flexibility index (Phi) is 9.13. The van der Waals surface area contributed by atoms with Crippen LogP contribution in [0.2, 0.25) is 0 Å². The Morgan fingerprint density at radius 2 is 1.87 bits per heavy atom. The number of methoxy groups -OCH3 is 1. The lowest BCUT2D eigenvalue weighted by Gasteiger charge is -2.06. The van der Waals surface area contributed by atoms with Crippen LogP contribution < -0.4 is 5.32 Å². The van der Waals surface area contributed by atoms with Gasteiger partial charge >= 0.3 is 0 Å². The largest absolute Gasteiger partial charge is 0.383 e. The van der Waals surface area contributed by atoms with Crippen LogP contribution >= 0.6 is 0 Å². The molecule has 86 valence electrons. The first-order valence-corrected chi connectivity index (χ1v) is 5.58. The Labute approximate surface area is 93.7 Å². The van der Waals surface area contributed by atoms with Gasteiger partial charge in [-0.2, -0.15) is 0 Å². The summed E-state index contributed by atoms with van der Waals surface area (Å²) in [5.74, 6) is 0. The molecule has 1 N–H and O–H groups in total. The fourth-order valence-electron chi connectivity index (χ4n) is 1.21. The molecule has 0 heterocycles. The normalized spacial score (nSPS) is 9.33. The third-order valence-corrected chi connectivity index (χ3v) is 2.06. The maximum atomic E-state index is 4.95. The Hall–Kier alpha value is -0.860. The quantitative estimate of drug-likeness (QED) is 0.753. The molecule has 0 saturated carbocycles. The summed E-state index contributed by atoms with van der Waals surface area (Å²) < 4.78 is 4.95. The molecule has 0 fully saturated rings. The number of benzene rings is 1. The van der Waals surface area contributed by atoms with Gasteiger partial charge in [0.25, 0.3) is 0 Å². The highest BCUT2D eigenvalue weighted by atomic mass is 16.5. The first-order valence-electron chi connectivity index (χ1n) is 5.58. The van der Waals surface area contributed by atoms with Crippen LogP contribution in [0, 0.1) is 6.92 Å². The second-order valence-electron chi connectivity index (χ2n) is 3.10. The van der Waals surface area contributed by atoms with Crippen molar-refractivity contribution < 1.29 is 4.74 Å². The van der Waals surface area contributed by atoms with Crippen LogP contribution in [0.25, 0.3) is 0 Å². The summed E-state index contributed by atoms with van der Waals surface area (Å²) in [6.45, 7) is 8.74. The molecule has 0 saturated heterocycles. The molecule has 0 aliphatic rings. The number of rotatable bonds is 5. The van der Waals surface area contributed by atoms with Gasteiger partial charge in [-0.25, -0.2) is 0 Å². The van der Waals surface area contributed by atoms with Gasteiger partial charge in [0, 0.05) is 20.2 Å². The van der Waals surface area contributed by atoms with E-state index in [1.54, 1.807) is 7.11 Å². The summed E-state index contributed by atoms with van der Waals surface area (Å²) in [6, 6.07) is 8.41. The Morgan fingerprint density at radius 3 is 2.47 bits per heavy atom. The fraction of sp³-hybridized carbons (Fsp3) is 0.538. The summed E-state index contributed by atoms with van der Waals surface area (Å²) in [5.41, 5.74) is 2.70. The van der Waals surface area contributed by atoms with E-state index in [1.165, 1.54) is 11.1 Å². The number of nitrogens with one attached hydrogen (secondary N) is 1. The summed E-state index contributed by atoms with van der Waals surface area (Å²) in [6.07, 6.45) is 0. The van der Waals surface area contributed by atoms with Crippen LogP contribution in [-0.2, 0) is 11.3 Å². The molecular weight excluding hydrogens is 186 g/mol. The van der Waals surface area contributed by atoms with E-state index in [0.29, 0.717) is 0 Å². The highest BCUT2D eigenvalue weighted by Crippen LogP contribution is 2.05. The van der Waals surface area contributed by atoms with Crippen molar-refractivity contribution in [3.8, 4) is 0 Å². The molecule has 1 aromatic rings. The summed E-state index contributed by atoms with van der Waals surface area (Å²) >= 11 is 0. The van der Waals surface area contributed by atoms with Crippen molar-refractivity contribution in [1.82, 2.24) is 5.32 Å². The van der Waals surface area contributed by atoms with Gasteiger partial charge in [-0.05, 0) is 18.1 Å². The van der Waals surface area contributed by atoms with E-state index in [-0.39, 0.29) is 0 Å². The van der Waals surface area contributed by atoms with Crippen LogP contribution in [0.5, 0.6) is 0 Å². The third kappa shape index (κ3) is 6.26. The van der Waals surface area contributed by atoms with E-state index in [2.05, 4.69) is 36.5 Å². The van der Waals surface area contributed by atoms with Crippen molar-refractivity contribution in [2.45, 2.75) is 27.3 Å². The maximum Gasteiger partial charge on any atom is 0.0587 e. The lowest BCUT2D eigenvalue weighted by molar-refractivity contribution is 0.199. The molecule has 0 bridgehead atoms. The average Bonchev–Trinajstić information content (AvgIpc) is 2.29. The van der Waals surface area contributed by atoms with Crippen molar-refractivity contribution in [2.75, 3.05) is 20.3 Å². The number of hydrogen-bond acceptors (Lipinski definition) is 2. The molecule has 0 aromatic heterocycles. The van der Waals surface area contributed by atoms with Crippen molar-refractivity contribution in [3.63, 3.8) is 0 Å². The van der Waals surface area contributed by atoms with E-state index in [1.807, 2.05) is 13.8 Å². The zero-order valence-electron chi connectivity index (χ0n) is 10.3. The van der Waals surface area contributed by atoms with Gasteiger partial charge in [-0.1, -0.05) is 38.1 Å². The third-order valence-electron chi connectivity index (χ3n) is 2.06. The molecule has 0 radical (unpaired) electrons. The Bertz CT molecular complexity index is 248. The average molecular weight is 209 g/mol. The van der Waals surface area contributed by atoms with E-state index in [9.17, 15) is 0 Å². The predicted octanol–water partition coefficient (Wildman–Crippen LogP) is 2.76. The van der Waals surface area contributed by atoms with Crippen molar-refractivity contribution >= 4 is 0 Å². The zero-order valence-corrected chi connectivity index (χ0v) is 10.3. The maximum absolute atomic E-state index is 4.95. The van der Waals surface area contributed by atoms with E-state index >= 15 is 0 Å². The molecule has 0 unspecified atom stereocenters. The second-order valence-corrected chi connectivity index (χ2v) is 3.10. The minimum atomic E-state index is 0.770. The Balaban J connectivity index is 0.000000921. The predicted molar refractivity (Wildman–Crippen MR) is 66.1 cm³/mol. The first-order chi connectivity index (χ1) is 7.34. The monoisotopic (exact) mass is 209 g/mol. The number of ether oxygens (including phenoxy) is 1. The van der Waals surface area contributed by atoms with Gasteiger partial charge in [0.2, 0.25) is 0 Å². The molecule has 1 rings (SSSR count). The lowest BCUT2D eigenvalue weighted by atomic mass is 10.1. The van der Waals surface area contributed by atoms with Crippen molar-refractivity contribution in [3.05, 3.63) is 35.4 Å². The molecular formula is C13H23NO. The van der Waals surface area contributed by atoms with Crippen LogP contribution in [0.15, 0.2) is 24.3 Å². The zero-order chi connectivity index (χ0) is 11.5. The topological polar surface area (TPSA) is 21.3 Å². The summed E-state index contributed by atoms with van der Waals surface area (Å²) in [4.78, 5) is 0. The van der Waals surface area contributed by atoms with Crippen molar-refractivity contribution in [1.29, 1.82) is 0 Å². The van der Waals surface area contributed by atoms with Crippen LogP contribution in [0.3, 0.4) is 0 Å². The highest BCUT2D eigenvalue weighted by molar-refractivity contribution is 5.25. The number of hydrogen-bond donors (Lipinski definition) is 1. The molecule has 0 spiro atoms. The molecule has 0 aliphatic carbocycles. The first kappa shape index (κ1) is 14.1. The number of aryl methyl sites for hydroxylation is 1. The van der Waals surface area contributed by atoms with Gasteiger partial charge in [0.15, 0.2) is 0 Å². The van der Waals surface area contributed by atoms with Gasteiger partial charge < -0.3 is 10.1 Å². The van der Waals surface area contributed by atoms with Crippen LogP contribution in [0.4, 0.5) is 0 Å². The van der Waals surface area contributed by atoms with Crippen molar-refractivity contribution in [2.24, 2.45) is 0 Å². The van der Waals surface area contributed by atoms with Crippen LogP contribution in [0.1, 0.15) is 25.0 Å². The van der Waals surface area contributed by atoms with Gasteiger partial charge in [0.1, 0.15) is 0 Å². The summed E-state index contributed by atoms with van der Waals surface area (Å²) in [7, 11) is 1.72. The standard InChI is InChI=1S/C11H17NO.C2H6/c1-10-5-3-4-6-11(10)9-12-7-8-13-2;1-2/h3-6,12H,7-9H2,1-2H3;1-2H3. The van der Waals surface area contributed by atoms with E-state index in [0.717, 1.165) is 19.7 Å². The smallest absolute Gasteiger partial charge is 0.0587 e. The molecule has 0 amide bonds. The van der Waals surface area contributed by atoms with Gasteiger partial charge in [0.05, 0.1) is 6.61 Å². The minimum absolute atomic E-state index is 0.770. The fourth-order valence-corrected chi connectivity index (χ4v) is 1.21. The molecule has 0 atom stereocenters.